The Morgan fingerprint density at radius 2 is 2.18 bits per heavy atom. The van der Waals surface area contributed by atoms with Crippen LogP contribution in [0, 0.1) is 5.82 Å². The molecular weight excluding hydrogens is 219 g/mol. The third kappa shape index (κ3) is 2.64. The second-order valence-electron chi connectivity index (χ2n) is 4.21. The lowest BCUT2D eigenvalue weighted by atomic mass is 10.0. The van der Waals surface area contributed by atoms with Gasteiger partial charge in [-0.25, -0.2) is 4.39 Å². The number of rotatable bonds is 2. The Bertz CT molecular complexity index is 391. The minimum absolute atomic E-state index is 0.0248. The van der Waals surface area contributed by atoms with Gasteiger partial charge in [-0.05, 0) is 17.7 Å². The van der Waals surface area contributed by atoms with Crippen LogP contribution in [-0.4, -0.2) is 30.4 Å². The first-order valence-corrected chi connectivity index (χ1v) is 5.98. The van der Waals surface area contributed by atoms with Gasteiger partial charge in [-0.2, -0.15) is 0 Å². The lowest BCUT2D eigenvalue weighted by molar-refractivity contribution is -0.134. The highest BCUT2D eigenvalue weighted by atomic mass is 19.1. The van der Waals surface area contributed by atoms with Gasteiger partial charge in [0.25, 0.3) is 0 Å². The molecule has 1 aromatic carbocycles. The number of carbonyl (C=O) groups excluding carboxylic acids is 1. The van der Waals surface area contributed by atoms with Crippen LogP contribution < -0.4 is 5.32 Å². The highest BCUT2D eigenvalue weighted by Gasteiger charge is 2.26. The minimum Gasteiger partial charge on any atom is -0.333 e. The number of hydrogen-bond acceptors (Lipinski definition) is 2. The maximum absolute atomic E-state index is 12.9. The molecule has 1 aliphatic heterocycles. The third-order valence-electron chi connectivity index (χ3n) is 3.12. The van der Waals surface area contributed by atoms with Gasteiger partial charge in [-0.1, -0.05) is 19.1 Å². The van der Waals surface area contributed by atoms with Crippen molar-refractivity contribution in [3.63, 3.8) is 0 Å². The summed E-state index contributed by atoms with van der Waals surface area (Å²) in [5.74, 6) is -0.0910. The first-order chi connectivity index (χ1) is 8.22. The van der Waals surface area contributed by atoms with E-state index in [2.05, 4.69) is 5.32 Å². The molecule has 0 radical (unpaired) electrons. The van der Waals surface area contributed by atoms with E-state index in [0.29, 0.717) is 13.0 Å². The molecule has 1 saturated heterocycles. The number of halogens is 1. The maximum atomic E-state index is 12.9. The molecule has 1 N–H and O–H groups in total. The SMILES string of the molecule is CCC(=O)N1CCNCC1c1ccc(F)cc1. The van der Waals surface area contributed by atoms with Gasteiger partial charge >= 0.3 is 0 Å². The lowest BCUT2D eigenvalue weighted by Gasteiger charge is -2.36. The first-order valence-electron chi connectivity index (χ1n) is 5.98. The van der Waals surface area contributed by atoms with Gasteiger partial charge in [0, 0.05) is 26.1 Å². The van der Waals surface area contributed by atoms with Crippen molar-refractivity contribution in [1.29, 1.82) is 0 Å². The number of piperazine rings is 1. The molecule has 4 heteroatoms. The predicted molar refractivity (Wildman–Crippen MR) is 64.0 cm³/mol. The van der Waals surface area contributed by atoms with E-state index < -0.39 is 0 Å². The van der Waals surface area contributed by atoms with Crippen molar-refractivity contribution in [2.75, 3.05) is 19.6 Å². The molecule has 2 rings (SSSR count). The van der Waals surface area contributed by atoms with Gasteiger partial charge < -0.3 is 10.2 Å². The second kappa shape index (κ2) is 5.27. The van der Waals surface area contributed by atoms with E-state index in [9.17, 15) is 9.18 Å². The summed E-state index contributed by atoms with van der Waals surface area (Å²) in [5.41, 5.74) is 0.986. The molecule has 1 unspecified atom stereocenters. The monoisotopic (exact) mass is 236 g/mol. The molecule has 1 amide bonds. The molecule has 1 fully saturated rings. The van der Waals surface area contributed by atoms with Crippen LogP contribution in [-0.2, 0) is 4.79 Å². The molecule has 0 aliphatic carbocycles. The highest BCUT2D eigenvalue weighted by Crippen LogP contribution is 2.23. The number of hydrogen-bond donors (Lipinski definition) is 1. The Kier molecular flexibility index (Phi) is 3.74. The molecule has 0 aromatic heterocycles. The van der Waals surface area contributed by atoms with Crippen LogP contribution in [0.3, 0.4) is 0 Å². The molecule has 1 aliphatic rings. The molecule has 1 atom stereocenters. The van der Waals surface area contributed by atoms with E-state index in [-0.39, 0.29) is 17.8 Å². The van der Waals surface area contributed by atoms with Gasteiger partial charge in [0.05, 0.1) is 6.04 Å². The molecule has 1 aromatic rings. The Morgan fingerprint density at radius 3 is 2.82 bits per heavy atom. The van der Waals surface area contributed by atoms with Crippen LogP contribution >= 0.6 is 0 Å². The van der Waals surface area contributed by atoms with Crippen molar-refractivity contribution in [3.8, 4) is 0 Å². The van der Waals surface area contributed by atoms with Crippen molar-refractivity contribution >= 4 is 5.91 Å². The van der Waals surface area contributed by atoms with Crippen LogP contribution in [0.4, 0.5) is 4.39 Å². The van der Waals surface area contributed by atoms with Crippen LogP contribution in [0.5, 0.6) is 0 Å². The maximum Gasteiger partial charge on any atom is 0.222 e. The zero-order valence-corrected chi connectivity index (χ0v) is 9.95. The molecule has 92 valence electrons. The number of nitrogens with one attached hydrogen (secondary N) is 1. The number of benzene rings is 1. The molecule has 0 saturated carbocycles. The van der Waals surface area contributed by atoms with E-state index in [1.165, 1.54) is 12.1 Å². The van der Waals surface area contributed by atoms with Crippen molar-refractivity contribution in [2.24, 2.45) is 0 Å². The summed E-state index contributed by atoms with van der Waals surface area (Å²) >= 11 is 0. The summed E-state index contributed by atoms with van der Waals surface area (Å²) in [6.45, 7) is 4.14. The summed E-state index contributed by atoms with van der Waals surface area (Å²) < 4.78 is 12.9. The standard InChI is InChI=1S/C13H17FN2O/c1-2-13(17)16-8-7-15-9-12(16)10-3-5-11(14)6-4-10/h3-6,12,15H,2,7-9H2,1H3. The van der Waals surface area contributed by atoms with E-state index in [1.54, 1.807) is 12.1 Å². The van der Waals surface area contributed by atoms with Crippen molar-refractivity contribution in [2.45, 2.75) is 19.4 Å². The van der Waals surface area contributed by atoms with Gasteiger partial charge in [0.15, 0.2) is 0 Å². The normalized spacial score (nSPS) is 20.4. The first kappa shape index (κ1) is 12.0. The van der Waals surface area contributed by atoms with Gasteiger partial charge in [0.2, 0.25) is 5.91 Å². The Hall–Kier alpha value is -1.42. The molecule has 3 nitrogen and oxygen atoms in total. The van der Waals surface area contributed by atoms with Crippen molar-refractivity contribution in [1.82, 2.24) is 10.2 Å². The van der Waals surface area contributed by atoms with Crippen LogP contribution in [0.25, 0.3) is 0 Å². The summed E-state index contributed by atoms with van der Waals surface area (Å²) in [6, 6.07) is 6.42. The van der Waals surface area contributed by atoms with Gasteiger partial charge in [-0.15, -0.1) is 0 Å². The summed E-state index contributed by atoms with van der Waals surface area (Å²) in [7, 11) is 0. The highest BCUT2D eigenvalue weighted by molar-refractivity contribution is 5.76. The fraction of sp³-hybridized carbons (Fsp3) is 0.462. The topological polar surface area (TPSA) is 32.3 Å². The number of carbonyl (C=O) groups is 1. The fourth-order valence-corrected chi connectivity index (χ4v) is 2.19. The zero-order chi connectivity index (χ0) is 12.3. The van der Waals surface area contributed by atoms with Crippen LogP contribution in [0.1, 0.15) is 24.9 Å². The third-order valence-corrected chi connectivity index (χ3v) is 3.12. The Labute approximate surface area is 101 Å². The average molecular weight is 236 g/mol. The zero-order valence-electron chi connectivity index (χ0n) is 9.95. The fourth-order valence-electron chi connectivity index (χ4n) is 2.19. The average Bonchev–Trinajstić information content (AvgIpc) is 2.39. The van der Waals surface area contributed by atoms with Gasteiger partial charge in [0.1, 0.15) is 5.82 Å². The van der Waals surface area contributed by atoms with E-state index in [4.69, 9.17) is 0 Å². The minimum atomic E-state index is -0.245. The lowest BCUT2D eigenvalue weighted by Crippen LogP contribution is -2.48. The summed E-state index contributed by atoms with van der Waals surface area (Å²) in [6.07, 6.45) is 0.512. The smallest absolute Gasteiger partial charge is 0.222 e. The van der Waals surface area contributed by atoms with Gasteiger partial charge in [-0.3, -0.25) is 4.79 Å². The van der Waals surface area contributed by atoms with Crippen molar-refractivity contribution < 1.29 is 9.18 Å². The molecule has 1 heterocycles. The number of nitrogens with zero attached hydrogens (tertiary/aromatic N) is 1. The van der Waals surface area contributed by atoms with E-state index in [0.717, 1.165) is 18.7 Å². The molecule has 0 bridgehead atoms. The molecule has 17 heavy (non-hydrogen) atoms. The Balaban J connectivity index is 2.21. The van der Waals surface area contributed by atoms with Crippen LogP contribution in [0.2, 0.25) is 0 Å². The molecular formula is C13H17FN2O. The Morgan fingerprint density at radius 1 is 1.47 bits per heavy atom. The number of amides is 1. The molecule has 0 spiro atoms. The van der Waals surface area contributed by atoms with Crippen molar-refractivity contribution in [3.05, 3.63) is 35.6 Å². The quantitative estimate of drug-likeness (QED) is 0.847. The van der Waals surface area contributed by atoms with E-state index in [1.807, 2.05) is 11.8 Å². The second-order valence-corrected chi connectivity index (χ2v) is 4.21. The summed E-state index contributed by atoms with van der Waals surface area (Å²) in [4.78, 5) is 13.7. The van der Waals surface area contributed by atoms with E-state index >= 15 is 0 Å². The largest absolute Gasteiger partial charge is 0.333 e. The summed E-state index contributed by atoms with van der Waals surface area (Å²) in [5, 5.41) is 3.27. The van der Waals surface area contributed by atoms with Crippen LogP contribution in [0.15, 0.2) is 24.3 Å². The predicted octanol–water partition coefficient (Wildman–Crippen LogP) is 1.71.